The van der Waals surface area contributed by atoms with E-state index < -0.39 is 29.4 Å². The van der Waals surface area contributed by atoms with Crippen molar-refractivity contribution in [1.82, 2.24) is 9.97 Å². The number of halogens is 3. The molecule has 1 N–H and O–H groups in total. The Hall–Kier alpha value is -1.86. The summed E-state index contributed by atoms with van der Waals surface area (Å²) in [5, 5.41) is 8.54. The minimum absolute atomic E-state index is 0.408. The number of rotatable bonds is 2. The van der Waals surface area contributed by atoms with E-state index in [1.807, 2.05) is 0 Å². The number of aromatic carboxylic acids is 1. The molecule has 0 spiro atoms. The molecule has 0 atom stereocenters. The van der Waals surface area contributed by atoms with Crippen molar-refractivity contribution in [3.8, 4) is 5.88 Å². The van der Waals surface area contributed by atoms with E-state index in [0.29, 0.717) is 6.20 Å². The van der Waals surface area contributed by atoms with Crippen molar-refractivity contribution in [3.05, 3.63) is 17.6 Å². The summed E-state index contributed by atoms with van der Waals surface area (Å²) in [6, 6.07) is 0. The van der Waals surface area contributed by atoms with Crippen LogP contribution in [0.4, 0.5) is 13.2 Å². The van der Waals surface area contributed by atoms with Crippen molar-refractivity contribution in [2.75, 3.05) is 7.11 Å². The van der Waals surface area contributed by atoms with Gasteiger partial charge in [-0.1, -0.05) is 0 Å². The Morgan fingerprint density at radius 2 is 2.13 bits per heavy atom. The molecule has 0 aliphatic heterocycles. The summed E-state index contributed by atoms with van der Waals surface area (Å²) < 4.78 is 40.8. The highest BCUT2D eigenvalue weighted by atomic mass is 19.4. The Balaban J connectivity index is 3.28. The minimum Gasteiger partial charge on any atom is -0.479 e. The molecule has 15 heavy (non-hydrogen) atoms. The Morgan fingerprint density at radius 1 is 1.53 bits per heavy atom. The zero-order valence-electron chi connectivity index (χ0n) is 7.37. The fourth-order valence-electron chi connectivity index (χ4n) is 0.803. The van der Waals surface area contributed by atoms with Gasteiger partial charge < -0.3 is 9.84 Å². The van der Waals surface area contributed by atoms with Crippen molar-refractivity contribution in [3.63, 3.8) is 0 Å². The topological polar surface area (TPSA) is 72.3 Å². The maximum Gasteiger partial charge on any atom is 0.434 e. The SMILES string of the molecule is COc1ncc(C(F)(F)F)nc1C(=O)O. The van der Waals surface area contributed by atoms with Crippen LogP contribution in [-0.4, -0.2) is 28.2 Å². The highest BCUT2D eigenvalue weighted by Gasteiger charge is 2.34. The van der Waals surface area contributed by atoms with Gasteiger partial charge in [0.05, 0.1) is 13.3 Å². The third kappa shape index (κ3) is 2.33. The van der Waals surface area contributed by atoms with Crippen LogP contribution in [0.2, 0.25) is 0 Å². The van der Waals surface area contributed by atoms with Crippen LogP contribution in [0.15, 0.2) is 6.20 Å². The molecule has 1 rings (SSSR count). The van der Waals surface area contributed by atoms with Crippen LogP contribution in [0.5, 0.6) is 5.88 Å². The number of methoxy groups -OCH3 is 1. The first-order chi connectivity index (χ1) is 6.86. The summed E-state index contributed by atoms with van der Waals surface area (Å²) in [6.07, 6.45) is -4.32. The number of aromatic nitrogens is 2. The summed E-state index contributed by atoms with van der Waals surface area (Å²) in [6.45, 7) is 0. The Bertz CT molecular complexity index is 392. The van der Waals surface area contributed by atoms with E-state index in [0.717, 1.165) is 7.11 Å². The van der Waals surface area contributed by atoms with Crippen LogP contribution in [0.3, 0.4) is 0 Å². The van der Waals surface area contributed by atoms with Crippen LogP contribution in [0.1, 0.15) is 16.2 Å². The van der Waals surface area contributed by atoms with Gasteiger partial charge in [-0.05, 0) is 0 Å². The van der Waals surface area contributed by atoms with Gasteiger partial charge in [-0.2, -0.15) is 13.2 Å². The summed E-state index contributed by atoms with van der Waals surface area (Å²) in [5.74, 6) is -2.10. The zero-order chi connectivity index (χ0) is 11.6. The molecule has 0 saturated heterocycles. The second-order valence-corrected chi connectivity index (χ2v) is 2.42. The number of hydrogen-bond acceptors (Lipinski definition) is 4. The predicted octanol–water partition coefficient (Wildman–Crippen LogP) is 1.20. The van der Waals surface area contributed by atoms with Gasteiger partial charge in [0.1, 0.15) is 0 Å². The quantitative estimate of drug-likeness (QED) is 0.813. The molecule has 0 radical (unpaired) electrons. The van der Waals surface area contributed by atoms with Gasteiger partial charge in [0.25, 0.3) is 0 Å². The maximum atomic E-state index is 12.1. The van der Waals surface area contributed by atoms with Crippen molar-refractivity contribution in [2.45, 2.75) is 6.18 Å². The zero-order valence-corrected chi connectivity index (χ0v) is 7.37. The Labute approximate surface area is 81.5 Å². The number of ether oxygens (including phenoxy) is 1. The fraction of sp³-hybridized carbons (Fsp3) is 0.286. The third-order valence-electron chi connectivity index (χ3n) is 1.43. The molecule has 1 aromatic rings. The van der Waals surface area contributed by atoms with Gasteiger partial charge in [0.15, 0.2) is 5.69 Å². The molecule has 5 nitrogen and oxygen atoms in total. The molecule has 0 fully saturated rings. The number of carboxylic acids is 1. The van der Waals surface area contributed by atoms with Gasteiger partial charge in [-0.15, -0.1) is 0 Å². The molecule has 0 aliphatic carbocycles. The first-order valence-electron chi connectivity index (χ1n) is 3.57. The second kappa shape index (κ2) is 3.71. The van der Waals surface area contributed by atoms with Gasteiger partial charge in [0.2, 0.25) is 11.6 Å². The molecule has 0 unspecified atom stereocenters. The van der Waals surface area contributed by atoms with E-state index in [1.165, 1.54) is 0 Å². The monoisotopic (exact) mass is 222 g/mol. The Kier molecular flexibility index (Phi) is 2.78. The van der Waals surface area contributed by atoms with Gasteiger partial charge in [0, 0.05) is 0 Å². The average molecular weight is 222 g/mol. The molecule has 8 heteroatoms. The molecule has 1 aromatic heterocycles. The van der Waals surface area contributed by atoms with Crippen LogP contribution in [0, 0.1) is 0 Å². The fourth-order valence-corrected chi connectivity index (χ4v) is 0.803. The molecule has 0 saturated carbocycles. The normalized spacial score (nSPS) is 11.2. The molecular formula is C7H5F3N2O3. The Morgan fingerprint density at radius 3 is 2.53 bits per heavy atom. The highest BCUT2D eigenvalue weighted by Crippen LogP contribution is 2.28. The number of carbonyl (C=O) groups is 1. The van der Waals surface area contributed by atoms with E-state index in [-0.39, 0.29) is 0 Å². The van der Waals surface area contributed by atoms with Crippen LogP contribution < -0.4 is 4.74 Å². The van der Waals surface area contributed by atoms with Crippen LogP contribution in [0.25, 0.3) is 0 Å². The second-order valence-electron chi connectivity index (χ2n) is 2.42. The predicted molar refractivity (Wildman–Crippen MR) is 40.5 cm³/mol. The van der Waals surface area contributed by atoms with E-state index in [9.17, 15) is 18.0 Å². The van der Waals surface area contributed by atoms with E-state index in [4.69, 9.17) is 5.11 Å². The van der Waals surface area contributed by atoms with Crippen LogP contribution in [-0.2, 0) is 6.18 Å². The number of carboxylic acid groups (broad SMARTS) is 1. The lowest BCUT2D eigenvalue weighted by Crippen LogP contribution is -2.14. The molecular weight excluding hydrogens is 217 g/mol. The lowest BCUT2D eigenvalue weighted by Gasteiger charge is -2.07. The first kappa shape index (κ1) is 11.2. The van der Waals surface area contributed by atoms with Crippen molar-refractivity contribution in [1.29, 1.82) is 0 Å². The van der Waals surface area contributed by atoms with Gasteiger partial charge >= 0.3 is 12.1 Å². The van der Waals surface area contributed by atoms with E-state index in [2.05, 4.69) is 14.7 Å². The standard InChI is InChI=1S/C7H5F3N2O3/c1-15-5-4(6(13)14)12-3(2-11-5)7(8,9)10/h2H,1H3,(H,13,14). The van der Waals surface area contributed by atoms with E-state index >= 15 is 0 Å². The third-order valence-corrected chi connectivity index (χ3v) is 1.43. The van der Waals surface area contributed by atoms with Gasteiger partial charge in [-0.3, -0.25) is 0 Å². The van der Waals surface area contributed by atoms with Gasteiger partial charge in [-0.25, -0.2) is 14.8 Å². The number of nitrogens with zero attached hydrogens (tertiary/aromatic N) is 2. The largest absolute Gasteiger partial charge is 0.479 e. The first-order valence-corrected chi connectivity index (χ1v) is 3.57. The van der Waals surface area contributed by atoms with Crippen molar-refractivity contribution >= 4 is 5.97 Å². The summed E-state index contributed by atoms with van der Waals surface area (Å²) in [5.41, 5.74) is -2.24. The number of alkyl halides is 3. The summed E-state index contributed by atoms with van der Waals surface area (Å²) >= 11 is 0. The van der Waals surface area contributed by atoms with E-state index in [1.54, 1.807) is 0 Å². The molecule has 82 valence electrons. The smallest absolute Gasteiger partial charge is 0.434 e. The van der Waals surface area contributed by atoms with Crippen molar-refractivity contribution < 1.29 is 27.8 Å². The highest BCUT2D eigenvalue weighted by molar-refractivity contribution is 5.87. The molecule has 0 aliphatic rings. The molecule has 0 bridgehead atoms. The van der Waals surface area contributed by atoms with Crippen LogP contribution >= 0.6 is 0 Å². The molecule has 0 aromatic carbocycles. The number of hydrogen-bond donors (Lipinski definition) is 1. The average Bonchev–Trinajstić information content (AvgIpc) is 2.15. The summed E-state index contributed by atoms with van der Waals surface area (Å²) in [7, 11) is 1.09. The lowest BCUT2D eigenvalue weighted by molar-refractivity contribution is -0.141. The maximum absolute atomic E-state index is 12.1. The molecule has 1 heterocycles. The minimum atomic E-state index is -4.73. The lowest BCUT2D eigenvalue weighted by atomic mass is 10.4. The molecule has 0 amide bonds. The van der Waals surface area contributed by atoms with Crippen molar-refractivity contribution in [2.24, 2.45) is 0 Å². The summed E-state index contributed by atoms with van der Waals surface area (Å²) in [4.78, 5) is 16.6.